The second-order valence-corrected chi connectivity index (χ2v) is 5.77. The Kier molecular flexibility index (Phi) is 7.22. The van der Waals surface area contributed by atoms with Crippen molar-refractivity contribution in [1.29, 1.82) is 0 Å². The van der Waals surface area contributed by atoms with Gasteiger partial charge >= 0.3 is 17.3 Å². The molecule has 2 aromatic rings. The van der Waals surface area contributed by atoms with Crippen LogP contribution in [0.5, 0.6) is 11.5 Å². The summed E-state index contributed by atoms with van der Waals surface area (Å²) in [5.74, 6) is -1.18. The Hall–Kier alpha value is -4.22. The number of phenols is 1. The molecule has 0 heterocycles. The van der Waals surface area contributed by atoms with Gasteiger partial charge in [-0.15, -0.1) is 0 Å². The standard InChI is InChI=1S/C18H18N4O8/c1-3-29-18(24)10-30-17-8-13(14(21(25)26)9-15(17)22(27)28)20-19-11(2)12-6-4-5-7-16(12)23/h4-9,20,23H,3,10H2,1-2H3/b19-11-. The number of aromatic hydroxyl groups is 1. The second-order valence-electron chi connectivity index (χ2n) is 5.77. The number of phenolic OH excluding ortho intramolecular Hbond substituents is 1. The molecule has 0 bridgehead atoms. The number of carbonyl (C=O) groups excluding carboxylic acids is 1. The van der Waals surface area contributed by atoms with Crippen molar-refractivity contribution in [2.45, 2.75) is 13.8 Å². The molecular formula is C18H18N4O8. The first-order valence-electron chi connectivity index (χ1n) is 8.58. The van der Waals surface area contributed by atoms with Gasteiger partial charge in [0.05, 0.1) is 22.2 Å². The number of nitro groups is 2. The summed E-state index contributed by atoms with van der Waals surface area (Å²) in [7, 11) is 0. The Morgan fingerprint density at radius 1 is 1.17 bits per heavy atom. The van der Waals surface area contributed by atoms with E-state index in [1.807, 2.05) is 0 Å². The van der Waals surface area contributed by atoms with Crippen LogP contribution in [0.1, 0.15) is 19.4 Å². The number of para-hydroxylation sites is 1. The fourth-order valence-electron chi connectivity index (χ4n) is 2.38. The van der Waals surface area contributed by atoms with Crippen LogP contribution in [0.2, 0.25) is 0 Å². The third-order valence-corrected chi connectivity index (χ3v) is 3.76. The molecular weight excluding hydrogens is 400 g/mol. The minimum absolute atomic E-state index is 0.0443. The van der Waals surface area contributed by atoms with Crippen molar-refractivity contribution in [3.63, 3.8) is 0 Å². The summed E-state index contributed by atoms with van der Waals surface area (Å²) in [6.07, 6.45) is 0. The lowest BCUT2D eigenvalue weighted by molar-refractivity contribution is -0.394. The van der Waals surface area contributed by atoms with Crippen LogP contribution in [0.4, 0.5) is 17.1 Å². The smallest absolute Gasteiger partial charge is 0.344 e. The zero-order valence-corrected chi connectivity index (χ0v) is 16.0. The van der Waals surface area contributed by atoms with Gasteiger partial charge in [0.2, 0.25) is 0 Å². The van der Waals surface area contributed by atoms with Gasteiger partial charge < -0.3 is 14.6 Å². The Bertz CT molecular complexity index is 1010. The molecule has 0 aliphatic carbocycles. The number of anilines is 1. The van der Waals surface area contributed by atoms with Crippen LogP contribution < -0.4 is 10.2 Å². The van der Waals surface area contributed by atoms with Gasteiger partial charge in [-0.3, -0.25) is 25.7 Å². The molecule has 0 saturated carbocycles. The molecule has 2 N–H and O–H groups in total. The topological polar surface area (TPSA) is 166 Å². The Morgan fingerprint density at radius 2 is 1.83 bits per heavy atom. The third-order valence-electron chi connectivity index (χ3n) is 3.76. The number of nitrogens with zero attached hydrogens (tertiary/aromatic N) is 3. The summed E-state index contributed by atoms with van der Waals surface area (Å²) in [6, 6.07) is 8.03. The highest BCUT2D eigenvalue weighted by atomic mass is 16.6. The quantitative estimate of drug-likeness (QED) is 0.269. The van der Waals surface area contributed by atoms with Crippen LogP contribution in [0.15, 0.2) is 41.5 Å². The predicted octanol–water partition coefficient (Wildman–Crippen LogP) is 2.99. The summed E-state index contributed by atoms with van der Waals surface area (Å²) in [5, 5.41) is 36.5. The number of hydrogen-bond donors (Lipinski definition) is 2. The molecule has 0 atom stereocenters. The maximum absolute atomic E-state index is 11.5. The highest BCUT2D eigenvalue weighted by Crippen LogP contribution is 2.37. The summed E-state index contributed by atoms with van der Waals surface area (Å²) in [6.45, 7) is 2.61. The fourth-order valence-corrected chi connectivity index (χ4v) is 2.38. The summed E-state index contributed by atoms with van der Waals surface area (Å²) >= 11 is 0. The van der Waals surface area contributed by atoms with E-state index in [1.54, 1.807) is 32.0 Å². The van der Waals surface area contributed by atoms with Crippen LogP contribution in [0, 0.1) is 20.2 Å². The van der Waals surface area contributed by atoms with Gasteiger partial charge in [-0.05, 0) is 26.0 Å². The Labute approximate surface area is 170 Å². The average molecular weight is 418 g/mol. The van der Waals surface area contributed by atoms with Crippen LogP contribution in [-0.2, 0) is 9.53 Å². The minimum Gasteiger partial charge on any atom is -0.507 e. The second kappa shape index (κ2) is 9.82. The fraction of sp³-hybridized carbons (Fsp3) is 0.222. The predicted molar refractivity (Wildman–Crippen MR) is 106 cm³/mol. The van der Waals surface area contributed by atoms with Crippen LogP contribution in [0.3, 0.4) is 0 Å². The lowest BCUT2D eigenvalue weighted by atomic mass is 10.1. The number of esters is 1. The summed E-state index contributed by atoms with van der Waals surface area (Å²) in [4.78, 5) is 32.4. The van der Waals surface area contributed by atoms with E-state index >= 15 is 0 Å². The molecule has 2 rings (SSSR count). The van der Waals surface area contributed by atoms with E-state index in [0.29, 0.717) is 17.3 Å². The van der Waals surface area contributed by atoms with E-state index in [0.717, 1.165) is 6.07 Å². The molecule has 0 aliphatic rings. The molecule has 0 unspecified atom stereocenters. The molecule has 30 heavy (non-hydrogen) atoms. The highest BCUT2D eigenvalue weighted by molar-refractivity contribution is 6.01. The summed E-state index contributed by atoms with van der Waals surface area (Å²) < 4.78 is 9.82. The number of benzene rings is 2. The Morgan fingerprint density at radius 3 is 2.43 bits per heavy atom. The van der Waals surface area contributed by atoms with Gasteiger partial charge in [0.15, 0.2) is 12.4 Å². The van der Waals surface area contributed by atoms with E-state index in [-0.39, 0.29) is 23.8 Å². The first-order valence-corrected chi connectivity index (χ1v) is 8.58. The number of ether oxygens (including phenoxy) is 2. The van der Waals surface area contributed by atoms with E-state index in [9.17, 15) is 30.1 Å². The first kappa shape index (κ1) is 22.1. The number of hydrazone groups is 1. The summed E-state index contributed by atoms with van der Waals surface area (Å²) in [5.41, 5.74) is 1.61. The van der Waals surface area contributed by atoms with Gasteiger partial charge in [0, 0.05) is 11.6 Å². The van der Waals surface area contributed by atoms with Gasteiger partial charge in [-0.2, -0.15) is 5.10 Å². The molecule has 0 saturated heterocycles. The minimum atomic E-state index is -0.867. The van der Waals surface area contributed by atoms with Crippen molar-refractivity contribution in [2.75, 3.05) is 18.6 Å². The lowest BCUT2D eigenvalue weighted by Crippen LogP contribution is -2.15. The van der Waals surface area contributed by atoms with Gasteiger partial charge in [-0.1, -0.05) is 12.1 Å². The van der Waals surface area contributed by atoms with Crippen molar-refractivity contribution in [3.8, 4) is 11.5 Å². The zero-order valence-electron chi connectivity index (χ0n) is 16.0. The number of rotatable bonds is 9. The molecule has 0 aliphatic heterocycles. The molecule has 0 aromatic heterocycles. The number of carbonyl (C=O) groups is 1. The SMILES string of the molecule is CCOC(=O)COc1cc(N/N=C(/C)c2ccccc2O)c([N+](=O)[O-])cc1[N+](=O)[O-]. The van der Waals surface area contributed by atoms with Crippen molar-refractivity contribution in [1.82, 2.24) is 0 Å². The molecule has 12 heteroatoms. The van der Waals surface area contributed by atoms with Crippen molar-refractivity contribution in [3.05, 3.63) is 62.2 Å². The molecule has 0 fully saturated rings. The first-order chi connectivity index (χ1) is 14.2. The van der Waals surface area contributed by atoms with Gasteiger partial charge in [-0.25, -0.2) is 4.79 Å². The normalized spacial score (nSPS) is 10.9. The zero-order chi connectivity index (χ0) is 22.3. The maximum atomic E-state index is 11.5. The van der Waals surface area contributed by atoms with Crippen molar-refractivity contribution >= 4 is 28.7 Å². The number of hydrogen-bond acceptors (Lipinski definition) is 10. The Balaban J connectivity index is 2.41. The molecule has 0 spiro atoms. The molecule has 2 aromatic carbocycles. The molecule has 0 radical (unpaired) electrons. The van der Waals surface area contributed by atoms with Gasteiger partial charge in [0.25, 0.3) is 0 Å². The largest absolute Gasteiger partial charge is 0.507 e. The van der Waals surface area contributed by atoms with Crippen LogP contribution in [0.25, 0.3) is 0 Å². The van der Waals surface area contributed by atoms with Crippen molar-refractivity contribution in [2.24, 2.45) is 5.10 Å². The number of nitro benzene ring substituents is 2. The average Bonchev–Trinajstić information content (AvgIpc) is 2.70. The monoisotopic (exact) mass is 418 g/mol. The van der Waals surface area contributed by atoms with E-state index < -0.39 is 33.8 Å². The highest BCUT2D eigenvalue weighted by Gasteiger charge is 2.26. The van der Waals surface area contributed by atoms with Crippen LogP contribution in [-0.4, -0.2) is 39.8 Å². The maximum Gasteiger partial charge on any atom is 0.344 e. The molecule has 0 amide bonds. The molecule has 12 nitrogen and oxygen atoms in total. The van der Waals surface area contributed by atoms with E-state index in [2.05, 4.69) is 10.5 Å². The number of nitrogens with one attached hydrogen (secondary N) is 1. The van der Waals surface area contributed by atoms with Crippen molar-refractivity contribution < 1.29 is 29.2 Å². The van der Waals surface area contributed by atoms with E-state index in [1.165, 1.54) is 6.07 Å². The van der Waals surface area contributed by atoms with Gasteiger partial charge in [0.1, 0.15) is 17.5 Å². The lowest BCUT2D eigenvalue weighted by Gasteiger charge is -2.10. The third kappa shape index (κ3) is 5.41. The van der Waals surface area contributed by atoms with E-state index in [4.69, 9.17) is 9.47 Å². The van der Waals surface area contributed by atoms with Crippen LogP contribution >= 0.6 is 0 Å². The molecule has 158 valence electrons.